The number of hydrogen-bond acceptors (Lipinski definition) is 6. The first-order chi connectivity index (χ1) is 13.3. The highest BCUT2D eigenvalue weighted by Gasteiger charge is 2.19. The third kappa shape index (κ3) is 6.44. The highest BCUT2D eigenvalue weighted by Crippen LogP contribution is 2.25. The predicted octanol–water partition coefficient (Wildman–Crippen LogP) is 0.717. The Morgan fingerprint density at radius 2 is 2.00 bits per heavy atom. The molecule has 1 aliphatic heterocycles. The number of amides is 1. The van der Waals surface area contributed by atoms with Gasteiger partial charge in [0.05, 0.1) is 25.2 Å². The number of sulfonamides is 1. The molecule has 1 fully saturated rings. The third-order valence-corrected chi connectivity index (χ3v) is 6.54. The van der Waals surface area contributed by atoms with Crippen molar-refractivity contribution in [1.29, 1.82) is 0 Å². The number of benzene rings is 1. The van der Waals surface area contributed by atoms with Crippen molar-refractivity contribution in [3.63, 3.8) is 0 Å². The molecule has 1 saturated heterocycles. The van der Waals surface area contributed by atoms with Crippen LogP contribution in [0, 0.1) is 0 Å². The molecule has 1 amide bonds. The summed E-state index contributed by atoms with van der Waals surface area (Å²) in [6.45, 7) is 5.01. The lowest BCUT2D eigenvalue weighted by Crippen LogP contribution is -2.38. The van der Waals surface area contributed by atoms with Crippen molar-refractivity contribution >= 4 is 15.9 Å². The van der Waals surface area contributed by atoms with Crippen LogP contribution in [0.25, 0.3) is 0 Å². The van der Waals surface area contributed by atoms with Gasteiger partial charge in [0.25, 0.3) is 0 Å². The molecule has 9 heteroatoms. The van der Waals surface area contributed by atoms with E-state index in [9.17, 15) is 13.2 Å². The van der Waals surface area contributed by atoms with Crippen molar-refractivity contribution in [2.24, 2.45) is 0 Å². The minimum Gasteiger partial charge on any atom is -0.496 e. The number of carbonyl (C=O) groups excluding carboxylic acids is 1. The lowest BCUT2D eigenvalue weighted by Gasteiger charge is -2.26. The zero-order valence-electron chi connectivity index (χ0n) is 16.9. The van der Waals surface area contributed by atoms with Crippen LogP contribution in [0.4, 0.5) is 0 Å². The first kappa shape index (κ1) is 22.6. The fraction of sp³-hybridized carbons (Fsp3) is 0.632. The second-order valence-electron chi connectivity index (χ2n) is 6.92. The van der Waals surface area contributed by atoms with Crippen LogP contribution in [0.3, 0.4) is 0 Å². The van der Waals surface area contributed by atoms with Crippen LogP contribution in [0.2, 0.25) is 0 Å². The summed E-state index contributed by atoms with van der Waals surface area (Å²) in [6.07, 6.45) is 1.58. The fourth-order valence-corrected chi connectivity index (χ4v) is 3.97. The molecule has 1 aromatic rings. The zero-order chi connectivity index (χ0) is 20.6. The predicted molar refractivity (Wildman–Crippen MR) is 107 cm³/mol. The Bertz CT molecular complexity index is 746. The van der Waals surface area contributed by atoms with Gasteiger partial charge < -0.3 is 14.8 Å². The van der Waals surface area contributed by atoms with Crippen LogP contribution >= 0.6 is 0 Å². The Labute approximate surface area is 167 Å². The molecular weight excluding hydrogens is 382 g/mol. The summed E-state index contributed by atoms with van der Waals surface area (Å²) in [4.78, 5) is 14.7. The maximum atomic E-state index is 12.3. The normalized spacial score (nSPS) is 15.6. The molecule has 158 valence electrons. The van der Waals surface area contributed by atoms with Gasteiger partial charge in [0, 0.05) is 40.2 Å². The average Bonchev–Trinajstić information content (AvgIpc) is 2.70. The maximum Gasteiger partial charge on any atom is 0.242 e. The van der Waals surface area contributed by atoms with Gasteiger partial charge in [0.2, 0.25) is 15.9 Å². The Hall–Kier alpha value is -1.68. The van der Waals surface area contributed by atoms with Gasteiger partial charge in [-0.05, 0) is 43.1 Å². The molecule has 2 rings (SSSR count). The van der Waals surface area contributed by atoms with Gasteiger partial charge in [0.15, 0.2) is 0 Å². The van der Waals surface area contributed by atoms with E-state index in [1.807, 2.05) is 0 Å². The summed E-state index contributed by atoms with van der Waals surface area (Å²) in [6, 6.07) is 4.73. The summed E-state index contributed by atoms with van der Waals surface area (Å²) in [5, 5.41) is 2.93. The molecule has 0 atom stereocenters. The molecule has 1 heterocycles. The lowest BCUT2D eigenvalue weighted by molar-refractivity contribution is -0.121. The molecule has 0 aromatic heterocycles. The van der Waals surface area contributed by atoms with E-state index in [2.05, 4.69) is 10.2 Å². The topological polar surface area (TPSA) is 88.2 Å². The molecule has 0 bridgehead atoms. The van der Waals surface area contributed by atoms with E-state index < -0.39 is 10.0 Å². The van der Waals surface area contributed by atoms with Crippen LogP contribution in [0.15, 0.2) is 23.1 Å². The Morgan fingerprint density at radius 1 is 1.29 bits per heavy atom. The van der Waals surface area contributed by atoms with Gasteiger partial charge in [-0.3, -0.25) is 9.69 Å². The second kappa shape index (κ2) is 10.8. The quantitative estimate of drug-likeness (QED) is 0.569. The van der Waals surface area contributed by atoms with Gasteiger partial charge in [-0.1, -0.05) is 0 Å². The van der Waals surface area contributed by atoms with Crippen molar-refractivity contribution in [1.82, 2.24) is 14.5 Å². The molecule has 1 N–H and O–H groups in total. The largest absolute Gasteiger partial charge is 0.496 e. The van der Waals surface area contributed by atoms with Crippen LogP contribution < -0.4 is 10.1 Å². The van der Waals surface area contributed by atoms with Crippen molar-refractivity contribution in [3.05, 3.63) is 23.8 Å². The van der Waals surface area contributed by atoms with E-state index in [1.165, 1.54) is 31.6 Å². The highest BCUT2D eigenvalue weighted by molar-refractivity contribution is 7.89. The number of ether oxygens (including phenoxy) is 2. The average molecular weight is 414 g/mol. The molecule has 1 aromatic carbocycles. The van der Waals surface area contributed by atoms with Crippen molar-refractivity contribution in [3.8, 4) is 5.75 Å². The Morgan fingerprint density at radius 3 is 2.64 bits per heavy atom. The number of aryl methyl sites for hydroxylation is 1. The molecule has 0 unspecified atom stereocenters. The second-order valence-corrected chi connectivity index (χ2v) is 9.07. The zero-order valence-corrected chi connectivity index (χ0v) is 17.8. The molecule has 8 nitrogen and oxygen atoms in total. The van der Waals surface area contributed by atoms with Gasteiger partial charge >= 0.3 is 0 Å². The smallest absolute Gasteiger partial charge is 0.242 e. The van der Waals surface area contributed by atoms with E-state index in [-0.39, 0.29) is 17.2 Å². The minimum absolute atomic E-state index is 0.0510. The van der Waals surface area contributed by atoms with Gasteiger partial charge in [-0.15, -0.1) is 0 Å². The molecule has 0 radical (unpaired) electrons. The van der Waals surface area contributed by atoms with E-state index in [0.29, 0.717) is 24.3 Å². The molecule has 0 spiro atoms. The lowest BCUT2D eigenvalue weighted by atomic mass is 10.1. The van der Waals surface area contributed by atoms with Crippen LogP contribution in [-0.4, -0.2) is 84.1 Å². The van der Waals surface area contributed by atoms with Gasteiger partial charge in [0.1, 0.15) is 5.75 Å². The van der Waals surface area contributed by atoms with E-state index in [1.54, 1.807) is 12.1 Å². The number of nitrogens with zero attached hydrogens (tertiary/aromatic N) is 2. The van der Waals surface area contributed by atoms with Gasteiger partial charge in [-0.2, -0.15) is 0 Å². The first-order valence-corrected chi connectivity index (χ1v) is 10.9. The Kier molecular flexibility index (Phi) is 8.68. The summed E-state index contributed by atoms with van der Waals surface area (Å²) < 4.78 is 36.4. The standard InChI is InChI=1S/C19H31N3O5S/c1-21(2)28(24,25)17-6-7-18(26-3)16(15-17)5-8-19(23)20-9-4-10-22-11-13-27-14-12-22/h6-7,15H,4-5,8-14H2,1-3H3,(H,20,23). The third-order valence-electron chi connectivity index (χ3n) is 4.73. The van der Waals surface area contributed by atoms with Crippen LogP contribution in [0.1, 0.15) is 18.4 Å². The van der Waals surface area contributed by atoms with Crippen molar-refractivity contribution in [2.75, 3.05) is 60.6 Å². The van der Waals surface area contributed by atoms with Crippen molar-refractivity contribution < 1.29 is 22.7 Å². The number of rotatable bonds is 10. The summed E-state index contributed by atoms with van der Waals surface area (Å²) in [5.74, 6) is 0.530. The van der Waals surface area contributed by atoms with Gasteiger partial charge in [-0.25, -0.2) is 12.7 Å². The van der Waals surface area contributed by atoms with Crippen LogP contribution in [0.5, 0.6) is 5.75 Å². The molecule has 0 aliphatic carbocycles. The molecule has 1 aliphatic rings. The number of morpholine rings is 1. The minimum atomic E-state index is -3.53. The fourth-order valence-electron chi connectivity index (χ4n) is 3.01. The monoisotopic (exact) mass is 413 g/mol. The first-order valence-electron chi connectivity index (χ1n) is 9.51. The summed E-state index contributed by atoms with van der Waals surface area (Å²) in [7, 11) is 0.984. The number of nitrogens with one attached hydrogen (secondary N) is 1. The van der Waals surface area contributed by atoms with Crippen LogP contribution in [-0.2, 0) is 26.0 Å². The summed E-state index contributed by atoms with van der Waals surface area (Å²) in [5.41, 5.74) is 0.703. The van der Waals surface area contributed by atoms with Crippen molar-refractivity contribution in [2.45, 2.75) is 24.2 Å². The number of carbonyl (C=O) groups is 1. The summed E-state index contributed by atoms with van der Waals surface area (Å²) >= 11 is 0. The van der Waals surface area contributed by atoms with E-state index in [4.69, 9.17) is 9.47 Å². The number of methoxy groups -OCH3 is 1. The van der Waals surface area contributed by atoms with E-state index >= 15 is 0 Å². The molecule has 28 heavy (non-hydrogen) atoms. The molecule has 0 saturated carbocycles. The number of hydrogen-bond donors (Lipinski definition) is 1. The maximum absolute atomic E-state index is 12.3. The highest BCUT2D eigenvalue weighted by atomic mass is 32.2. The SMILES string of the molecule is COc1ccc(S(=O)(=O)N(C)C)cc1CCC(=O)NCCCN1CCOCC1. The van der Waals surface area contributed by atoms with E-state index in [0.717, 1.165) is 39.3 Å². The molecular formula is C19H31N3O5S. The Balaban J connectivity index is 1.84.